The largest absolute Gasteiger partial charge is 0.394 e. The fraction of sp³-hybridized carbons (Fsp3) is 0.867. The first-order valence-electron chi connectivity index (χ1n) is 18.5. The van der Waals surface area contributed by atoms with E-state index in [1.807, 2.05) is 0 Å². The zero-order valence-electron chi connectivity index (χ0n) is 31.1. The molecule has 330 valence electrons. The summed E-state index contributed by atoms with van der Waals surface area (Å²) >= 11 is 0. The van der Waals surface area contributed by atoms with E-state index in [9.17, 15) is 54.9 Å². The zero-order chi connectivity index (χ0) is 42.2. The molecule has 3 fully saturated rings. The Kier molecular flexibility index (Phi) is 20.0. The summed E-state index contributed by atoms with van der Waals surface area (Å²) in [5.41, 5.74) is 21.9. The van der Waals surface area contributed by atoms with Crippen LogP contribution >= 0.6 is 0 Å². The van der Waals surface area contributed by atoms with Crippen molar-refractivity contribution in [1.29, 1.82) is 0 Å². The lowest BCUT2D eigenvalue weighted by Gasteiger charge is -2.49. The highest BCUT2D eigenvalue weighted by molar-refractivity contribution is 5.75. The van der Waals surface area contributed by atoms with E-state index in [0.29, 0.717) is 0 Å². The molecule has 27 heteroatoms. The standard InChI is InChI=1S/C30H60N12O15/c31-1-5-35-27(50)39-10-14-18(45)20(47)21(48)26(54-14)57-24-13(41-29(52)37-7-3-33)9-12(40-28(51)36-6-2-32)23(22(24)49)56-25-19(46)16(17(44)15(11-43)55-25)42-30(53)38-8-4-34/h12-26,43-49H,1-11,31-34H2,(H2,35,39,50)(H2,36,40,51)(H2,37,41,52)(H2,38,42,53). The number of aliphatic hydroxyl groups excluding tert-OH is 7. The van der Waals surface area contributed by atoms with Gasteiger partial charge in [0.15, 0.2) is 12.6 Å². The minimum Gasteiger partial charge on any atom is -0.394 e. The Morgan fingerprint density at radius 1 is 0.526 bits per heavy atom. The third kappa shape index (κ3) is 13.5. The fourth-order valence-electron chi connectivity index (χ4n) is 6.35. The van der Waals surface area contributed by atoms with Crippen LogP contribution in [0.15, 0.2) is 0 Å². The zero-order valence-corrected chi connectivity index (χ0v) is 31.1. The molecule has 1 saturated carbocycles. The number of aliphatic hydroxyl groups is 7. The van der Waals surface area contributed by atoms with Crippen molar-refractivity contribution in [2.24, 2.45) is 22.9 Å². The summed E-state index contributed by atoms with van der Waals surface area (Å²) in [5, 5.41) is 96.3. The number of rotatable bonds is 18. The Labute approximate surface area is 327 Å². The molecule has 0 bridgehead atoms. The van der Waals surface area contributed by atoms with Gasteiger partial charge in [-0.1, -0.05) is 0 Å². The first kappa shape index (κ1) is 47.9. The van der Waals surface area contributed by atoms with E-state index in [1.54, 1.807) is 0 Å². The van der Waals surface area contributed by atoms with Gasteiger partial charge in [-0.15, -0.1) is 0 Å². The summed E-state index contributed by atoms with van der Waals surface area (Å²) in [6, 6.07) is -7.16. The van der Waals surface area contributed by atoms with E-state index < -0.39 is 129 Å². The number of amides is 8. The molecular formula is C30H60N12O15. The van der Waals surface area contributed by atoms with Crippen LogP contribution < -0.4 is 65.5 Å². The fourth-order valence-corrected chi connectivity index (χ4v) is 6.35. The van der Waals surface area contributed by atoms with Crippen LogP contribution in [0.2, 0.25) is 0 Å². The first-order valence-corrected chi connectivity index (χ1v) is 18.5. The maximum Gasteiger partial charge on any atom is 0.315 e. The van der Waals surface area contributed by atoms with Crippen LogP contribution in [0.4, 0.5) is 19.2 Å². The number of nitrogens with two attached hydrogens (primary N) is 4. The molecule has 57 heavy (non-hydrogen) atoms. The number of hydrogen-bond acceptors (Lipinski definition) is 19. The topological polar surface area (TPSA) is 447 Å². The van der Waals surface area contributed by atoms with Crippen LogP contribution in [0.5, 0.6) is 0 Å². The molecule has 15 atom stereocenters. The van der Waals surface area contributed by atoms with Crippen molar-refractivity contribution < 1.29 is 73.9 Å². The second kappa shape index (κ2) is 23.8. The number of carbonyl (C=O) groups excluding carboxylic acids is 4. The molecule has 0 radical (unpaired) electrons. The van der Waals surface area contributed by atoms with Gasteiger partial charge >= 0.3 is 24.1 Å². The van der Waals surface area contributed by atoms with E-state index in [4.69, 9.17) is 41.9 Å². The van der Waals surface area contributed by atoms with E-state index in [0.717, 1.165) is 0 Å². The lowest BCUT2D eigenvalue weighted by atomic mass is 9.83. The lowest BCUT2D eigenvalue weighted by molar-refractivity contribution is -0.334. The Morgan fingerprint density at radius 3 is 1.44 bits per heavy atom. The predicted molar refractivity (Wildman–Crippen MR) is 193 cm³/mol. The number of hydrogen-bond donors (Lipinski definition) is 19. The highest BCUT2D eigenvalue weighted by atomic mass is 16.7. The van der Waals surface area contributed by atoms with E-state index in [1.165, 1.54) is 0 Å². The molecule has 3 rings (SSSR count). The summed E-state index contributed by atoms with van der Waals surface area (Å²) in [5.74, 6) is 0. The van der Waals surface area contributed by atoms with Crippen molar-refractivity contribution in [3.63, 3.8) is 0 Å². The minimum absolute atomic E-state index is 0.0252. The Hall–Kier alpha value is -3.52. The second-order valence-electron chi connectivity index (χ2n) is 13.4. The molecule has 3 aliphatic rings. The minimum atomic E-state index is -1.97. The quantitative estimate of drug-likeness (QED) is 0.0610. The smallest absolute Gasteiger partial charge is 0.315 e. The Balaban J connectivity index is 1.98. The second-order valence-corrected chi connectivity index (χ2v) is 13.4. The highest BCUT2D eigenvalue weighted by Gasteiger charge is 2.54. The molecule has 0 spiro atoms. The summed E-state index contributed by atoms with van der Waals surface area (Å²) in [4.78, 5) is 50.5. The van der Waals surface area contributed by atoms with Crippen molar-refractivity contribution in [2.45, 2.75) is 98.2 Å². The third-order valence-corrected chi connectivity index (χ3v) is 9.22. The van der Waals surface area contributed by atoms with Gasteiger partial charge in [0.25, 0.3) is 0 Å². The van der Waals surface area contributed by atoms with Crippen LogP contribution in [0, 0.1) is 0 Å². The van der Waals surface area contributed by atoms with Gasteiger partial charge < -0.3 is 120 Å². The number of carbonyl (C=O) groups is 4. The van der Waals surface area contributed by atoms with Crippen LogP contribution in [0.3, 0.4) is 0 Å². The molecule has 0 aromatic heterocycles. The molecular weight excluding hydrogens is 768 g/mol. The summed E-state index contributed by atoms with van der Waals surface area (Å²) in [6.07, 6.45) is -21.2. The maximum absolute atomic E-state index is 12.9. The van der Waals surface area contributed by atoms with Gasteiger partial charge in [0, 0.05) is 58.9 Å². The molecule has 27 nitrogen and oxygen atoms in total. The molecule has 1 aliphatic carbocycles. The van der Waals surface area contributed by atoms with Gasteiger partial charge in [-0.2, -0.15) is 0 Å². The molecule has 8 amide bonds. The van der Waals surface area contributed by atoms with Gasteiger partial charge in [0.05, 0.1) is 24.7 Å². The van der Waals surface area contributed by atoms with Crippen LogP contribution in [0.1, 0.15) is 6.42 Å². The SMILES string of the molecule is NCCNC(=O)NCC1OC(OC2C(NC(=O)NCCN)CC(NC(=O)NCCN)C(OC3OC(CO)C(O)C(NC(=O)NCCN)C3O)C2O)C(O)C(O)C1O. The van der Waals surface area contributed by atoms with Crippen LogP contribution in [-0.2, 0) is 18.9 Å². The molecule has 2 heterocycles. The van der Waals surface area contributed by atoms with Gasteiger partial charge in [-0.05, 0) is 6.42 Å². The van der Waals surface area contributed by atoms with E-state index in [2.05, 4.69) is 42.5 Å². The average Bonchev–Trinajstić information content (AvgIpc) is 3.19. The average molecular weight is 829 g/mol. The van der Waals surface area contributed by atoms with Crippen molar-refractivity contribution >= 4 is 24.1 Å². The van der Waals surface area contributed by atoms with Gasteiger partial charge in [0.2, 0.25) is 0 Å². The van der Waals surface area contributed by atoms with Crippen LogP contribution in [-0.4, -0.2) is 217 Å². The molecule has 2 aliphatic heterocycles. The van der Waals surface area contributed by atoms with Gasteiger partial charge in [-0.25, -0.2) is 19.2 Å². The number of urea groups is 4. The normalized spacial score (nSPS) is 35.3. The number of nitrogens with one attached hydrogen (secondary N) is 8. The van der Waals surface area contributed by atoms with E-state index in [-0.39, 0.29) is 58.8 Å². The molecule has 2 saturated heterocycles. The molecule has 0 aromatic rings. The summed E-state index contributed by atoms with van der Waals surface area (Å²) < 4.78 is 23.5. The lowest BCUT2D eigenvalue weighted by Crippen LogP contribution is -2.71. The summed E-state index contributed by atoms with van der Waals surface area (Å²) in [7, 11) is 0. The van der Waals surface area contributed by atoms with Crippen molar-refractivity contribution in [3.05, 3.63) is 0 Å². The maximum atomic E-state index is 12.9. The predicted octanol–water partition coefficient (Wildman–Crippen LogP) is -10.1. The van der Waals surface area contributed by atoms with Crippen molar-refractivity contribution in [2.75, 3.05) is 65.5 Å². The van der Waals surface area contributed by atoms with E-state index >= 15 is 0 Å². The van der Waals surface area contributed by atoms with Crippen LogP contribution in [0.25, 0.3) is 0 Å². The van der Waals surface area contributed by atoms with Crippen molar-refractivity contribution in [1.82, 2.24) is 42.5 Å². The van der Waals surface area contributed by atoms with Crippen molar-refractivity contribution in [3.8, 4) is 0 Å². The molecule has 0 aromatic carbocycles. The Morgan fingerprint density at radius 2 is 0.965 bits per heavy atom. The first-order chi connectivity index (χ1) is 27.2. The molecule has 23 N–H and O–H groups in total. The van der Waals surface area contributed by atoms with Gasteiger partial charge in [-0.3, -0.25) is 0 Å². The highest BCUT2D eigenvalue weighted by Crippen LogP contribution is 2.33. The third-order valence-electron chi connectivity index (χ3n) is 9.22. The monoisotopic (exact) mass is 828 g/mol. The summed E-state index contributed by atoms with van der Waals surface area (Å²) in [6.45, 7) is -0.684. The Bertz CT molecular complexity index is 1270. The number of ether oxygens (including phenoxy) is 4. The van der Waals surface area contributed by atoms with Gasteiger partial charge in [0.1, 0.15) is 61.0 Å². The molecule has 15 unspecified atom stereocenters.